The van der Waals surface area contributed by atoms with Gasteiger partial charge >= 0.3 is 5.97 Å². The molecule has 1 saturated carbocycles. The van der Waals surface area contributed by atoms with Gasteiger partial charge in [-0.3, -0.25) is 9.48 Å². The molecule has 1 fully saturated rings. The van der Waals surface area contributed by atoms with E-state index < -0.39 is 5.97 Å². The highest BCUT2D eigenvalue weighted by atomic mass is 16.5. The van der Waals surface area contributed by atoms with Crippen molar-refractivity contribution in [2.24, 2.45) is 0 Å². The van der Waals surface area contributed by atoms with Crippen LogP contribution in [0.3, 0.4) is 0 Å². The summed E-state index contributed by atoms with van der Waals surface area (Å²) in [4.78, 5) is 24.6. The lowest BCUT2D eigenvalue weighted by molar-refractivity contribution is 0.0697. The van der Waals surface area contributed by atoms with E-state index in [0.717, 1.165) is 42.6 Å². The van der Waals surface area contributed by atoms with Gasteiger partial charge in [0.15, 0.2) is 0 Å². The second-order valence-electron chi connectivity index (χ2n) is 6.99. The van der Waals surface area contributed by atoms with E-state index in [0.29, 0.717) is 5.39 Å². The zero-order chi connectivity index (χ0) is 19.0. The molecule has 2 aromatic carbocycles. The van der Waals surface area contributed by atoms with Crippen LogP contribution in [0.2, 0.25) is 0 Å². The molecule has 0 spiro atoms. The number of aromatic carboxylic acids is 1. The minimum absolute atomic E-state index is 0.127. The minimum Gasteiger partial charge on any atom is -0.497 e. The number of methoxy groups -OCH3 is 1. The standard InChI is InChI=1S/C21H22N2O4/c1-27-17-10-8-16(9-11-17)23-20(24)18-13-14(21(25)26)7-12-19(18)22(23)15-5-3-2-4-6-15/h7-13,15H,2-6H2,1H3,(H,25,26). The number of ether oxygens (including phenoxy) is 1. The summed E-state index contributed by atoms with van der Waals surface area (Å²) in [5, 5.41) is 9.75. The third-order valence-corrected chi connectivity index (χ3v) is 5.37. The van der Waals surface area contributed by atoms with Crippen molar-refractivity contribution in [2.45, 2.75) is 38.1 Å². The zero-order valence-corrected chi connectivity index (χ0v) is 15.2. The Kier molecular flexibility index (Phi) is 4.48. The third kappa shape index (κ3) is 3.01. The lowest BCUT2D eigenvalue weighted by Crippen LogP contribution is -2.25. The second kappa shape index (κ2) is 6.95. The minimum atomic E-state index is -1.03. The second-order valence-corrected chi connectivity index (χ2v) is 6.99. The number of carboxylic acid groups (broad SMARTS) is 1. The molecular formula is C21H22N2O4. The number of rotatable bonds is 4. The summed E-state index contributed by atoms with van der Waals surface area (Å²) >= 11 is 0. The average Bonchev–Trinajstić information content (AvgIpc) is 3.00. The quantitative estimate of drug-likeness (QED) is 0.757. The predicted molar refractivity (Wildman–Crippen MR) is 103 cm³/mol. The maximum Gasteiger partial charge on any atom is 0.335 e. The van der Waals surface area contributed by atoms with Crippen LogP contribution in [0.1, 0.15) is 48.5 Å². The number of nitrogens with zero attached hydrogens (tertiary/aromatic N) is 2. The smallest absolute Gasteiger partial charge is 0.335 e. The Labute approximate surface area is 156 Å². The molecule has 1 aromatic heterocycles. The van der Waals surface area contributed by atoms with Gasteiger partial charge in [-0.1, -0.05) is 19.3 Å². The van der Waals surface area contributed by atoms with Crippen molar-refractivity contribution in [3.05, 3.63) is 58.4 Å². The van der Waals surface area contributed by atoms with Crippen molar-refractivity contribution in [1.82, 2.24) is 9.36 Å². The van der Waals surface area contributed by atoms with Crippen molar-refractivity contribution in [3.8, 4) is 11.4 Å². The van der Waals surface area contributed by atoms with E-state index in [4.69, 9.17) is 4.74 Å². The molecule has 3 aromatic rings. The molecule has 1 aliphatic carbocycles. The van der Waals surface area contributed by atoms with Crippen molar-refractivity contribution >= 4 is 16.9 Å². The first-order valence-electron chi connectivity index (χ1n) is 9.25. The maximum atomic E-state index is 13.2. The van der Waals surface area contributed by atoms with E-state index in [2.05, 4.69) is 4.68 Å². The third-order valence-electron chi connectivity index (χ3n) is 5.37. The Hall–Kier alpha value is -3.02. The Morgan fingerprint density at radius 2 is 1.78 bits per heavy atom. The monoisotopic (exact) mass is 366 g/mol. The molecule has 0 amide bonds. The van der Waals surface area contributed by atoms with Crippen LogP contribution in [0.4, 0.5) is 0 Å². The first-order valence-corrected chi connectivity index (χ1v) is 9.25. The molecule has 4 rings (SSSR count). The summed E-state index contributed by atoms with van der Waals surface area (Å²) in [5.41, 5.74) is 1.47. The molecule has 6 heteroatoms. The summed E-state index contributed by atoms with van der Waals surface area (Å²) in [6, 6.07) is 12.4. The fraction of sp³-hybridized carbons (Fsp3) is 0.333. The van der Waals surface area contributed by atoms with Gasteiger partial charge in [0.05, 0.1) is 35.3 Å². The largest absolute Gasteiger partial charge is 0.497 e. The summed E-state index contributed by atoms with van der Waals surface area (Å²) in [6.45, 7) is 0. The maximum absolute atomic E-state index is 13.2. The molecule has 0 bridgehead atoms. The number of hydrogen-bond acceptors (Lipinski definition) is 3. The van der Waals surface area contributed by atoms with Gasteiger partial charge < -0.3 is 9.84 Å². The van der Waals surface area contributed by atoms with Crippen molar-refractivity contribution in [3.63, 3.8) is 0 Å². The first kappa shape index (κ1) is 17.4. The Bertz CT molecular complexity index is 1040. The highest BCUT2D eigenvalue weighted by Crippen LogP contribution is 2.32. The molecule has 0 unspecified atom stereocenters. The van der Waals surface area contributed by atoms with Crippen LogP contribution in [0.15, 0.2) is 47.3 Å². The molecule has 0 aliphatic heterocycles. The van der Waals surface area contributed by atoms with Crippen LogP contribution in [0, 0.1) is 0 Å². The van der Waals surface area contributed by atoms with Gasteiger partial charge in [-0.15, -0.1) is 0 Å². The van der Waals surface area contributed by atoms with Gasteiger partial charge in [0, 0.05) is 0 Å². The van der Waals surface area contributed by atoms with Gasteiger partial charge in [-0.25, -0.2) is 9.48 Å². The Morgan fingerprint density at radius 1 is 1.07 bits per heavy atom. The highest BCUT2D eigenvalue weighted by molar-refractivity contribution is 5.93. The summed E-state index contributed by atoms with van der Waals surface area (Å²) in [7, 11) is 1.60. The van der Waals surface area contributed by atoms with E-state index in [1.54, 1.807) is 23.9 Å². The molecule has 6 nitrogen and oxygen atoms in total. The van der Waals surface area contributed by atoms with Gasteiger partial charge in [0.2, 0.25) is 0 Å². The molecule has 0 atom stereocenters. The van der Waals surface area contributed by atoms with Crippen molar-refractivity contribution in [1.29, 1.82) is 0 Å². The van der Waals surface area contributed by atoms with Crippen LogP contribution < -0.4 is 10.3 Å². The number of aromatic nitrogens is 2. The summed E-state index contributed by atoms with van der Waals surface area (Å²) < 4.78 is 8.97. The number of carboxylic acids is 1. The van der Waals surface area contributed by atoms with Crippen LogP contribution in [0.5, 0.6) is 5.75 Å². The first-order chi connectivity index (χ1) is 13.1. The summed E-state index contributed by atoms with van der Waals surface area (Å²) in [5.74, 6) is -0.307. The van der Waals surface area contributed by atoms with E-state index in [1.807, 2.05) is 24.3 Å². The Balaban J connectivity index is 1.97. The average molecular weight is 366 g/mol. The normalized spacial score (nSPS) is 15.1. The van der Waals surface area contributed by atoms with Crippen LogP contribution >= 0.6 is 0 Å². The predicted octanol–water partition coefficient (Wildman–Crippen LogP) is 4.00. The molecule has 1 aliphatic rings. The van der Waals surface area contributed by atoms with Crippen LogP contribution in [0.25, 0.3) is 16.6 Å². The molecule has 0 radical (unpaired) electrons. The number of carbonyl (C=O) groups is 1. The van der Waals surface area contributed by atoms with E-state index in [1.165, 1.54) is 12.5 Å². The van der Waals surface area contributed by atoms with Gasteiger partial charge in [0.25, 0.3) is 5.56 Å². The zero-order valence-electron chi connectivity index (χ0n) is 15.2. The van der Waals surface area contributed by atoms with Crippen molar-refractivity contribution < 1.29 is 14.6 Å². The molecule has 1 heterocycles. The fourth-order valence-corrected chi connectivity index (χ4v) is 4.01. The molecule has 0 saturated heterocycles. The van der Waals surface area contributed by atoms with Crippen LogP contribution in [-0.4, -0.2) is 27.5 Å². The molecule has 140 valence electrons. The van der Waals surface area contributed by atoms with Crippen LogP contribution in [-0.2, 0) is 0 Å². The molecule has 27 heavy (non-hydrogen) atoms. The van der Waals surface area contributed by atoms with Gasteiger partial charge in [-0.2, -0.15) is 0 Å². The van der Waals surface area contributed by atoms with Gasteiger partial charge in [-0.05, 0) is 55.3 Å². The highest BCUT2D eigenvalue weighted by Gasteiger charge is 2.24. The SMILES string of the molecule is COc1ccc(-n2c(=O)c3cc(C(=O)O)ccc3n2C2CCCCC2)cc1. The fourth-order valence-electron chi connectivity index (χ4n) is 4.01. The molecular weight excluding hydrogens is 344 g/mol. The lowest BCUT2D eigenvalue weighted by Gasteiger charge is -2.26. The topological polar surface area (TPSA) is 73.5 Å². The number of fused-ring (bicyclic) bond motifs is 1. The molecule has 1 N–H and O–H groups in total. The summed E-state index contributed by atoms with van der Waals surface area (Å²) in [6.07, 6.45) is 5.51. The Morgan fingerprint density at radius 3 is 2.41 bits per heavy atom. The lowest BCUT2D eigenvalue weighted by atomic mass is 9.95. The van der Waals surface area contributed by atoms with E-state index in [-0.39, 0.29) is 17.2 Å². The van der Waals surface area contributed by atoms with Gasteiger partial charge in [0.1, 0.15) is 5.75 Å². The number of benzene rings is 2. The van der Waals surface area contributed by atoms with E-state index in [9.17, 15) is 14.7 Å². The number of hydrogen-bond donors (Lipinski definition) is 1. The van der Waals surface area contributed by atoms with E-state index >= 15 is 0 Å². The van der Waals surface area contributed by atoms with Crippen molar-refractivity contribution in [2.75, 3.05) is 7.11 Å².